The summed E-state index contributed by atoms with van der Waals surface area (Å²) in [7, 11) is 0. The van der Waals surface area contributed by atoms with Crippen molar-refractivity contribution < 1.29 is 9.59 Å². The maximum atomic E-state index is 12.5. The Kier molecular flexibility index (Phi) is 4.03. The van der Waals surface area contributed by atoms with Crippen molar-refractivity contribution >= 4 is 23.4 Å². The molecular formula is C17H20ClNO2. The van der Waals surface area contributed by atoms with Crippen molar-refractivity contribution in [2.75, 3.05) is 0 Å². The van der Waals surface area contributed by atoms with Crippen molar-refractivity contribution in [3.05, 3.63) is 34.9 Å². The number of halogens is 1. The molecule has 2 fully saturated rings. The molecule has 2 aliphatic rings. The van der Waals surface area contributed by atoms with Crippen LogP contribution >= 0.6 is 11.6 Å². The van der Waals surface area contributed by atoms with Crippen LogP contribution in [0.25, 0.3) is 0 Å². The summed E-state index contributed by atoms with van der Waals surface area (Å²) in [5.74, 6) is -0.492. The van der Waals surface area contributed by atoms with Crippen LogP contribution in [0, 0.1) is 5.41 Å². The Morgan fingerprint density at radius 1 is 1.00 bits per heavy atom. The molecule has 0 bridgehead atoms. The minimum Gasteiger partial charge on any atom is -0.296 e. The molecule has 0 aromatic heterocycles. The normalized spacial score (nSPS) is 25.5. The average Bonchev–Trinajstić information content (AvgIpc) is 2.66. The van der Waals surface area contributed by atoms with Gasteiger partial charge in [0.2, 0.25) is 11.8 Å². The zero-order valence-electron chi connectivity index (χ0n) is 12.0. The first-order valence-corrected chi connectivity index (χ1v) is 8.08. The fourth-order valence-corrected chi connectivity index (χ4v) is 4.14. The second kappa shape index (κ2) is 5.80. The lowest BCUT2D eigenvalue weighted by Gasteiger charge is -2.42. The first kappa shape index (κ1) is 14.6. The van der Waals surface area contributed by atoms with Gasteiger partial charge in [-0.15, -0.1) is 0 Å². The fourth-order valence-electron chi connectivity index (χ4n) is 4.01. The minimum atomic E-state index is -0.231. The van der Waals surface area contributed by atoms with Crippen LogP contribution in [0.15, 0.2) is 24.3 Å². The molecule has 21 heavy (non-hydrogen) atoms. The number of hydrogen-bond acceptors (Lipinski definition) is 2. The average molecular weight is 306 g/mol. The van der Waals surface area contributed by atoms with E-state index >= 15 is 0 Å². The summed E-state index contributed by atoms with van der Waals surface area (Å²) in [6.07, 6.45) is 6.98. The number of carbonyl (C=O) groups is 2. The molecule has 1 saturated carbocycles. The molecule has 1 aliphatic heterocycles. The molecule has 1 aliphatic carbocycles. The standard InChI is InChI=1S/C17H20ClNO2/c18-13-7-5-12(6-8-13)15-16(21)19-14(20)11-17(15)9-3-1-2-4-10-17/h5-8,15H,1-4,9-11H2,(H,19,20,21). The van der Waals surface area contributed by atoms with E-state index in [4.69, 9.17) is 11.6 Å². The van der Waals surface area contributed by atoms with Gasteiger partial charge in [-0.1, -0.05) is 49.4 Å². The van der Waals surface area contributed by atoms with Gasteiger partial charge in [0.25, 0.3) is 0 Å². The smallest absolute Gasteiger partial charge is 0.234 e. The lowest BCUT2D eigenvalue weighted by atomic mass is 9.63. The van der Waals surface area contributed by atoms with Crippen LogP contribution in [0.1, 0.15) is 56.4 Å². The molecule has 112 valence electrons. The number of amides is 2. The van der Waals surface area contributed by atoms with Gasteiger partial charge in [-0.25, -0.2) is 0 Å². The number of hydrogen-bond donors (Lipinski definition) is 1. The quantitative estimate of drug-likeness (QED) is 0.802. The summed E-state index contributed by atoms with van der Waals surface area (Å²) < 4.78 is 0. The Labute approximate surface area is 130 Å². The monoisotopic (exact) mass is 305 g/mol. The van der Waals surface area contributed by atoms with Crippen LogP contribution in [0.4, 0.5) is 0 Å². The summed E-state index contributed by atoms with van der Waals surface area (Å²) in [5, 5.41) is 3.19. The molecule has 1 spiro atoms. The lowest BCUT2D eigenvalue weighted by Crippen LogP contribution is -2.50. The van der Waals surface area contributed by atoms with E-state index in [1.54, 1.807) is 0 Å². The molecule has 1 saturated heterocycles. The van der Waals surface area contributed by atoms with Gasteiger partial charge >= 0.3 is 0 Å². The third-order valence-corrected chi connectivity index (χ3v) is 5.20. The maximum Gasteiger partial charge on any atom is 0.234 e. The SMILES string of the molecule is O=C1CC2(CCCCCC2)C(c2ccc(Cl)cc2)C(=O)N1. The maximum absolute atomic E-state index is 12.5. The van der Waals surface area contributed by atoms with Gasteiger partial charge in [-0.3, -0.25) is 14.9 Å². The van der Waals surface area contributed by atoms with Crippen molar-refractivity contribution in [1.29, 1.82) is 0 Å². The van der Waals surface area contributed by atoms with Crippen LogP contribution in [-0.4, -0.2) is 11.8 Å². The first-order chi connectivity index (χ1) is 10.1. The molecule has 1 aromatic carbocycles. The number of rotatable bonds is 1. The zero-order chi connectivity index (χ0) is 14.9. The minimum absolute atomic E-state index is 0.118. The van der Waals surface area contributed by atoms with E-state index in [0.29, 0.717) is 11.4 Å². The second-order valence-electron chi connectivity index (χ2n) is 6.35. The fraction of sp³-hybridized carbons (Fsp3) is 0.529. The van der Waals surface area contributed by atoms with Crippen molar-refractivity contribution in [1.82, 2.24) is 5.32 Å². The molecule has 1 aromatic rings. The summed E-state index contributed by atoms with van der Waals surface area (Å²) in [6.45, 7) is 0. The largest absolute Gasteiger partial charge is 0.296 e. The van der Waals surface area contributed by atoms with Crippen molar-refractivity contribution in [2.24, 2.45) is 5.41 Å². The number of benzene rings is 1. The predicted molar refractivity (Wildman–Crippen MR) is 82.1 cm³/mol. The molecule has 4 heteroatoms. The topological polar surface area (TPSA) is 46.2 Å². The van der Waals surface area contributed by atoms with E-state index < -0.39 is 0 Å². The third kappa shape index (κ3) is 2.84. The Bertz CT molecular complexity index is 544. The number of carbonyl (C=O) groups excluding carboxylic acids is 2. The molecule has 0 radical (unpaired) electrons. The highest BCUT2D eigenvalue weighted by atomic mass is 35.5. The second-order valence-corrected chi connectivity index (χ2v) is 6.79. The van der Waals surface area contributed by atoms with Crippen LogP contribution in [-0.2, 0) is 9.59 Å². The molecular weight excluding hydrogens is 286 g/mol. The van der Waals surface area contributed by atoms with Gasteiger partial charge in [-0.2, -0.15) is 0 Å². The lowest BCUT2D eigenvalue weighted by molar-refractivity contribution is -0.140. The third-order valence-electron chi connectivity index (χ3n) is 4.95. The van der Waals surface area contributed by atoms with Crippen molar-refractivity contribution in [3.8, 4) is 0 Å². The van der Waals surface area contributed by atoms with Gasteiger partial charge in [-0.05, 0) is 36.0 Å². The van der Waals surface area contributed by atoms with E-state index in [9.17, 15) is 9.59 Å². The number of nitrogens with one attached hydrogen (secondary N) is 1. The molecule has 2 amide bonds. The summed E-state index contributed by atoms with van der Waals surface area (Å²) in [4.78, 5) is 24.4. The summed E-state index contributed by atoms with van der Waals surface area (Å²) >= 11 is 5.96. The number of piperidine rings is 1. The van der Waals surface area contributed by atoms with E-state index in [0.717, 1.165) is 31.2 Å². The van der Waals surface area contributed by atoms with Crippen LogP contribution in [0.5, 0.6) is 0 Å². The zero-order valence-corrected chi connectivity index (χ0v) is 12.8. The van der Waals surface area contributed by atoms with Gasteiger partial charge in [0.05, 0.1) is 5.92 Å². The molecule has 3 rings (SSSR count). The van der Waals surface area contributed by atoms with Crippen LogP contribution in [0.3, 0.4) is 0 Å². The van der Waals surface area contributed by atoms with Gasteiger partial charge in [0.1, 0.15) is 0 Å². The summed E-state index contributed by atoms with van der Waals surface area (Å²) in [5.41, 5.74) is 0.773. The van der Waals surface area contributed by atoms with Crippen molar-refractivity contribution in [2.45, 2.75) is 50.9 Å². The van der Waals surface area contributed by atoms with E-state index in [1.807, 2.05) is 24.3 Å². The summed E-state index contributed by atoms with van der Waals surface area (Å²) in [6, 6.07) is 7.50. The Hall–Kier alpha value is -1.35. The van der Waals surface area contributed by atoms with E-state index in [-0.39, 0.29) is 23.1 Å². The Morgan fingerprint density at radius 3 is 2.24 bits per heavy atom. The predicted octanol–water partition coefficient (Wildman–Crippen LogP) is 3.81. The highest BCUT2D eigenvalue weighted by Crippen LogP contribution is 2.50. The van der Waals surface area contributed by atoms with E-state index in [1.165, 1.54) is 12.8 Å². The van der Waals surface area contributed by atoms with Crippen LogP contribution < -0.4 is 5.32 Å². The molecule has 1 atom stereocenters. The highest BCUT2D eigenvalue weighted by molar-refractivity contribution is 6.30. The van der Waals surface area contributed by atoms with E-state index in [2.05, 4.69) is 5.32 Å². The highest BCUT2D eigenvalue weighted by Gasteiger charge is 2.48. The van der Waals surface area contributed by atoms with Gasteiger partial charge in [0.15, 0.2) is 0 Å². The number of imide groups is 1. The molecule has 1 N–H and O–H groups in total. The first-order valence-electron chi connectivity index (χ1n) is 7.70. The Balaban J connectivity index is 2.01. The molecule has 1 unspecified atom stereocenters. The molecule has 3 nitrogen and oxygen atoms in total. The Morgan fingerprint density at radius 2 is 1.62 bits per heavy atom. The van der Waals surface area contributed by atoms with Gasteiger partial charge < -0.3 is 0 Å². The van der Waals surface area contributed by atoms with Crippen LogP contribution in [0.2, 0.25) is 5.02 Å². The molecule has 1 heterocycles. The van der Waals surface area contributed by atoms with Crippen molar-refractivity contribution in [3.63, 3.8) is 0 Å². The van der Waals surface area contributed by atoms with Gasteiger partial charge in [0, 0.05) is 11.4 Å².